The van der Waals surface area contributed by atoms with E-state index in [1.807, 2.05) is 84.9 Å². The van der Waals surface area contributed by atoms with Gasteiger partial charge in [0.1, 0.15) is 0 Å². The highest BCUT2D eigenvalue weighted by atomic mass is 79.9. The van der Waals surface area contributed by atoms with Crippen LogP contribution < -0.4 is 10.6 Å². The van der Waals surface area contributed by atoms with Gasteiger partial charge in [0.25, 0.3) is 0 Å². The zero-order valence-electron chi connectivity index (χ0n) is 12.3. The van der Waals surface area contributed by atoms with Crippen LogP contribution in [0.4, 0.5) is 0 Å². The fourth-order valence-corrected chi connectivity index (χ4v) is 4.52. The highest BCUT2D eigenvalue weighted by Crippen LogP contribution is 2.41. The van der Waals surface area contributed by atoms with Crippen molar-refractivity contribution in [1.29, 1.82) is 0 Å². The second-order valence-corrected chi connectivity index (χ2v) is 8.41. The summed E-state index contributed by atoms with van der Waals surface area (Å²) < 4.78 is 14.7. The molecular weight excluding hydrogens is 367 g/mol. The van der Waals surface area contributed by atoms with E-state index in [1.165, 1.54) is 0 Å². The standard InChI is InChI=1S/C20H14BrOP/c21-18-13-11-17(12-14-18)15-16-23(22,19-7-3-1-4-8-19)20-9-5-2-6-10-20/h1-14H. The Hall–Kier alpha value is -2.07. The van der Waals surface area contributed by atoms with Gasteiger partial charge in [-0.2, -0.15) is 0 Å². The lowest BCUT2D eigenvalue weighted by Gasteiger charge is -2.12. The lowest BCUT2D eigenvalue weighted by molar-refractivity contribution is 0.593. The molecule has 23 heavy (non-hydrogen) atoms. The minimum absolute atomic E-state index is 0.760. The van der Waals surface area contributed by atoms with E-state index in [0.717, 1.165) is 20.6 Å². The van der Waals surface area contributed by atoms with Gasteiger partial charge in [-0.3, -0.25) is 4.57 Å². The minimum atomic E-state index is -2.97. The molecule has 0 aromatic heterocycles. The molecule has 3 heteroatoms. The summed E-state index contributed by atoms with van der Waals surface area (Å²) >= 11 is 3.41. The SMILES string of the molecule is O=P(C#Cc1ccc(Br)cc1)(c1ccccc1)c1ccccc1. The second kappa shape index (κ2) is 7.01. The van der Waals surface area contributed by atoms with E-state index in [2.05, 4.69) is 27.5 Å². The molecule has 0 N–H and O–H groups in total. The van der Waals surface area contributed by atoms with Crippen molar-refractivity contribution in [3.63, 3.8) is 0 Å². The molecule has 3 aromatic rings. The van der Waals surface area contributed by atoms with Crippen molar-refractivity contribution in [3.05, 3.63) is 95.0 Å². The van der Waals surface area contributed by atoms with Gasteiger partial charge in [-0.05, 0) is 29.9 Å². The molecular formula is C20H14BrOP. The summed E-state index contributed by atoms with van der Waals surface area (Å²) in [5, 5.41) is 1.52. The molecule has 3 rings (SSSR count). The summed E-state index contributed by atoms with van der Waals surface area (Å²) in [5.74, 6) is 3.08. The van der Waals surface area contributed by atoms with Crippen molar-refractivity contribution in [2.24, 2.45) is 0 Å². The molecule has 0 saturated heterocycles. The van der Waals surface area contributed by atoms with Crippen molar-refractivity contribution in [1.82, 2.24) is 0 Å². The van der Waals surface area contributed by atoms with Gasteiger partial charge in [-0.15, -0.1) is 0 Å². The van der Waals surface area contributed by atoms with Gasteiger partial charge < -0.3 is 0 Å². The molecule has 0 radical (unpaired) electrons. The fourth-order valence-electron chi connectivity index (χ4n) is 2.23. The van der Waals surface area contributed by atoms with Crippen LogP contribution in [0.3, 0.4) is 0 Å². The maximum Gasteiger partial charge on any atom is 0.211 e. The Balaban J connectivity index is 2.11. The van der Waals surface area contributed by atoms with Crippen molar-refractivity contribution >= 4 is 33.7 Å². The molecule has 0 spiro atoms. The quantitative estimate of drug-likeness (QED) is 0.462. The van der Waals surface area contributed by atoms with Crippen LogP contribution in [0.2, 0.25) is 0 Å². The van der Waals surface area contributed by atoms with E-state index >= 15 is 0 Å². The van der Waals surface area contributed by atoms with Gasteiger partial charge in [-0.1, -0.05) is 82.5 Å². The predicted molar refractivity (Wildman–Crippen MR) is 101 cm³/mol. The predicted octanol–water partition coefficient (Wildman–Crippen LogP) is 4.77. The van der Waals surface area contributed by atoms with Gasteiger partial charge >= 0.3 is 0 Å². The van der Waals surface area contributed by atoms with E-state index < -0.39 is 7.14 Å². The van der Waals surface area contributed by atoms with Crippen molar-refractivity contribution in [3.8, 4) is 11.6 Å². The summed E-state index contributed by atoms with van der Waals surface area (Å²) in [6.07, 6.45) is 0. The molecule has 0 saturated carbocycles. The molecule has 0 amide bonds. The first-order valence-electron chi connectivity index (χ1n) is 7.19. The molecule has 112 valence electrons. The van der Waals surface area contributed by atoms with Gasteiger partial charge in [0.15, 0.2) is 0 Å². The van der Waals surface area contributed by atoms with Crippen LogP contribution in [0.1, 0.15) is 5.56 Å². The van der Waals surface area contributed by atoms with Gasteiger partial charge in [0.2, 0.25) is 7.14 Å². The lowest BCUT2D eigenvalue weighted by Crippen LogP contribution is -2.14. The van der Waals surface area contributed by atoms with E-state index in [0.29, 0.717) is 0 Å². The summed E-state index contributed by atoms with van der Waals surface area (Å²) in [7, 11) is -2.97. The average Bonchev–Trinajstić information content (AvgIpc) is 2.62. The first kappa shape index (κ1) is 15.8. The number of halogens is 1. The van der Waals surface area contributed by atoms with Crippen LogP contribution in [-0.2, 0) is 4.57 Å². The molecule has 3 aromatic carbocycles. The van der Waals surface area contributed by atoms with Gasteiger partial charge in [0.05, 0.1) is 0 Å². The molecule has 0 unspecified atom stereocenters. The largest absolute Gasteiger partial charge is 0.300 e. The molecule has 0 bridgehead atoms. The summed E-state index contributed by atoms with van der Waals surface area (Å²) in [6, 6.07) is 26.6. The van der Waals surface area contributed by atoms with Crippen LogP contribution in [0.5, 0.6) is 0 Å². The zero-order chi connectivity index (χ0) is 16.1. The smallest absolute Gasteiger partial charge is 0.211 e. The van der Waals surface area contributed by atoms with Crippen molar-refractivity contribution < 1.29 is 4.57 Å². The number of benzene rings is 3. The van der Waals surface area contributed by atoms with Crippen LogP contribution in [-0.4, -0.2) is 0 Å². The highest BCUT2D eigenvalue weighted by Gasteiger charge is 2.24. The third kappa shape index (κ3) is 3.64. The second-order valence-electron chi connectivity index (χ2n) is 5.02. The number of hydrogen-bond acceptors (Lipinski definition) is 1. The Morgan fingerprint density at radius 3 is 1.65 bits per heavy atom. The fraction of sp³-hybridized carbons (Fsp3) is 0. The molecule has 0 aliphatic carbocycles. The number of rotatable bonds is 2. The maximum absolute atomic E-state index is 13.7. The molecule has 0 aliphatic rings. The van der Waals surface area contributed by atoms with Crippen LogP contribution in [0, 0.1) is 11.6 Å². The van der Waals surface area contributed by atoms with Crippen LogP contribution in [0.15, 0.2) is 89.4 Å². The number of hydrogen-bond donors (Lipinski definition) is 0. The molecule has 0 fully saturated rings. The Morgan fingerprint density at radius 1 is 0.696 bits per heavy atom. The molecule has 0 aliphatic heterocycles. The molecule has 0 atom stereocenters. The minimum Gasteiger partial charge on any atom is -0.300 e. The zero-order valence-corrected chi connectivity index (χ0v) is 14.8. The summed E-state index contributed by atoms with van der Waals surface area (Å²) in [6.45, 7) is 0. The first-order valence-corrected chi connectivity index (χ1v) is 9.68. The topological polar surface area (TPSA) is 17.1 Å². The van der Waals surface area contributed by atoms with E-state index in [4.69, 9.17) is 0 Å². The van der Waals surface area contributed by atoms with Crippen molar-refractivity contribution in [2.75, 3.05) is 0 Å². The van der Waals surface area contributed by atoms with E-state index in [9.17, 15) is 4.57 Å². The Labute approximate surface area is 144 Å². The Bertz CT molecular complexity index is 848. The molecule has 1 nitrogen and oxygen atoms in total. The van der Waals surface area contributed by atoms with Gasteiger partial charge in [0, 0.05) is 20.6 Å². The molecule has 0 heterocycles. The first-order chi connectivity index (χ1) is 11.2. The van der Waals surface area contributed by atoms with E-state index in [-0.39, 0.29) is 0 Å². The van der Waals surface area contributed by atoms with E-state index in [1.54, 1.807) is 0 Å². The third-order valence-corrected chi connectivity index (χ3v) is 6.45. The average molecular weight is 381 g/mol. The highest BCUT2D eigenvalue weighted by molar-refractivity contribution is 9.10. The third-order valence-electron chi connectivity index (χ3n) is 3.44. The van der Waals surface area contributed by atoms with Crippen LogP contribution >= 0.6 is 23.1 Å². The normalized spacial score (nSPS) is 10.7. The Kier molecular flexibility index (Phi) is 4.82. The van der Waals surface area contributed by atoms with Crippen LogP contribution in [0.25, 0.3) is 0 Å². The van der Waals surface area contributed by atoms with Crippen molar-refractivity contribution in [2.45, 2.75) is 0 Å². The maximum atomic E-state index is 13.7. The summed E-state index contributed by atoms with van der Waals surface area (Å²) in [4.78, 5) is 0. The lowest BCUT2D eigenvalue weighted by atomic mass is 10.2. The monoisotopic (exact) mass is 380 g/mol. The Morgan fingerprint density at radius 2 is 1.17 bits per heavy atom. The summed E-state index contributed by atoms with van der Waals surface area (Å²) in [5.41, 5.74) is 3.90. The van der Waals surface area contributed by atoms with Gasteiger partial charge in [-0.25, -0.2) is 0 Å².